The lowest BCUT2D eigenvalue weighted by Crippen LogP contribution is -2.21. The molecule has 0 bridgehead atoms. The second-order valence-electron chi connectivity index (χ2n) is 4.47. The number of halogens is 1. The Labute approximate surface area is 117 Å². The summed E-state index contributed by atoms with van der Waals surface area (Å²) in [6.07, 6.45) is 2.19. The molecule has 0 atom stereocenters. The lowest BCUT2D eigenvalue weighted by molar-refractivity contribution is 0.0496. The van der Waals surface area contributed by atoms with Crippen molar-refractivity contribution in [1.82, 2.24) is 0 Å². The van der Waals surface area contributed by atoms with E-state index in [2.05, 4.69) is 15.9 Å². The molecule has 1 aromatic carbocycles. The van der Waals surface area contributed by atoms with Gasteiger partial charge in [0, 0.05) is 24.1 Å². The van der Waals surface area contributed by atoms with Crippen LogP contribution in [-0.2, 0) is 10.1 Å². The lowest BCUT2D eigenvalue weighted by Gasteiger charge is -2.22. The van der Waals surface area contributed by atoms with Gasteiger partial charge >= 0.3 is 0 Å². The first kappa shape index (κ1) is 13.7. The van der Waals surface area contributed by atoms with Gasteiger partial charge in [-0.05, 0) is 37.0 Å². The molecular weight excluding hydrogens is 296 g/mol. The highest BCUT2D eigenvalue weighted by molar-refractivity contribution is 9.08. The lowest BCUT2D eigenvalue weighted by atomic mass is 10.0. The molecule has 0 amide bonds. The van der Waals surface area contributed by atoms with Crippen LogP contribution < -0.4 is 9.47 Å². The number of hydrogen-bond donors (Lipinski definition) is 0. The molecule has 1 heterocycles. The van der Waals surface area contributed by atoms with Gasteiger partial charge in [-0.2, -0.15) is 0 Å². The van der Waals surface area contributed by atoms with Gasteiger partial charge in [0.25, 0.3) is 0 Å². The molecule has 0 saturated carbocycles. The maximum Gasteiger partial charge on any atom is 0.123 e. The molecule has 0 spiro atoms. The van der Waals surface area contributed by atoms with Gasteiger partial charge in [0.1, 0.15) is 11.5 Å². The zero-order valence-corrected chi connectivity index (χ0v) is 12.2. The maximum absolute atomic E-state index is 5.93. The van der Waals surface area contributed by atoms with E-state index in [1.54, 1.807) is 7.11 Å². The van der Waals surface area contributed by atoms with Crippen LogP contribution in [0.5, 0.6) is 11.5 Å². The fraction of sp³-hybridized carbons (Fsp3) is 0.571. The molecule has 1 aliphatic heterocycles. The van der Waals surface area contributed by atoms with Crippen LogP contribution in [0.3, 0.4) is 0 Å². The Morgan fingerprint density at radius 2 is 2.11 bits per heavy atom. The fourth-order valence-electron chi connectivity index (χ4n) is 2.05. The van der Waals surface area contributed by atoms with Gasteiger partial charge in [-0.15, -0.1) is 0 Å². The Balaban J connectivity index is 1.95. The molecule has 1 fully saturated rings. The molecular formula is C14H19BrO3. The zero-order valence-electron chi connectivity index (χ0n) is 10.7. The van der Waals surface area contributed by atoms with E-state index in [4.69, 9.17) is 14.2 Å². The minimum atomic E-state index is 0.615. The molecule has 0 unspecified atom stereocenters. The molecule has 4 heteroatoms. The smallest absolute Gasteiger partial charge is 0.123 e. The summed E-state index contributed by atoms with van der Waals surface area (Å²) in [5.74, 6) is 2.42. The van der Waals surface area contributed by atoms with Crippen molar-refractivity contribution in [2.45, 2.75) is 18.2 Å². The summed E-state index contributed by atoms with van der Waals surface area (Å²) in [5, 5.41) is 0.771. The predicted octanol–water partition coefficient (Wildman–Crippen LogP) is 3.40. The van der Waals surface area contributed by atoms with Crippen LogP contribution in [0.4, 0.5) is 0 Å². The van der Waals surface area contributed by atoms with Crippen molar-refractivity contribution in [1.29, 1.82) is 0 Å². The summed E-state index contributed by atoms with van der Waals surface area (Å²) in [7, 11) is 1.68. The van der Waals surface area contributed by atoms with Gasteiger partial charge in [0.2, 0.25) is 0 Å². The topological polar surface area (TPSA) is 27.7 Å². The quantitative estimate of drug-likeness (QED) is 0.780. The van der Waals surface area contributed by atoms with E-state index in [9.17, 15) is 0 Å². The van der Waals surface area contributed by atoms with Gasteiger partial charge in [0.05, 0.1) is 13.7 Å². The van der Waals surface area contributed by atoms with Gasteiger partial charge in [0.15, 0.2) is 0 Å². The van der Waals surface area contributed by atoms with E-state index in [0.29, 0.717) is 5.92 Å². The van der Waals surface area contributed by atoms with E-state index >= 15 is 0 Å². The molecule has 3 nitrogen and oxygen atoms in total. The standard InChI is InChI=1S/C14H19BrO3/c1-16-13-2-3-14(12(8-13)9-15)18-10-11-4-6-17-7-5-11/h2-3,8,11H,4-7,9-10H2,1H3. The van der Waals surface area contributed by atoms with Crippen LogP contribution >= 0.6 is 15.9 Å². The number of hydrogen-bond acceptors (Lipinski definition) is 3. The molecule has 1 saturated heterocycles. The van der Waals surface area contributed by atoms with Gasteiger partial charge < -0.3 is 14.2 Å². The molecule has 0 radical (unpaired) electrons. The summed E-state index contributed by atoms with van der Waals surface area (Å²) in [5.41, 5.74) is 1.13. The van der Waals surface area contributed by atoms with Crippen LogP contribution in [0, 0.1) is 5.92 Å². The average molecular weight is 315 g/mol. The summed E-state index contributed by atoms with van der Waals surface area (Å²) >= 11 is 3.48. The first-order valence-corrected chi connectivity index (χ1v) is 7.39. The monoisotopic (exact) mass is 314 g/mol. The van der Waals surface area contributed by atoms with Gasteiger partial charge in [-0.3, -0.25) is 0 Å². The number of ether oxygens (including phenoxy) is 3. The Hall–Kier alpha value is -0.740. The summed E-state index contributed by atoms with van der Waals surface area (Å²) in [6, 6.07) is 5.92. The molecule has 0 N–H and O–H groups in total. The second-order valence-corrected chi connectivity index (χ2v) is 5.03. The van der Waals surface area contributed by atoms with Crippen LogP contribution in [0.25, 0.3) is 0 Å². The normalized spacial score (nSPS) is 16.6. The third-order valence-electron chi connectivity index (χ3n) is 3.23. The largest absolute Gasteiger partial charge is 0.497 e. The maximum atomic E-state index is 5.93. The number of methoxy groups -OCH3 is 1. The van der Waals surface area contributed by atoms with Crippen molar-refractivity contribution in [2.75, 3.05) is 26.9 Å². The predicted molar refractivity (Wildman–Crippen MR) is 74.7 cm³/mol. The molecule has 18 heavy (non-hydrogen) atoms. The third-order valence-corrected chi connectivity index (χ3v) is 3.83. The van der Waals surface area contributed by atoms with Crippen molar-refractivity contribution in [3.05, 3.63) is 23.8 Å². The first-order valence-electron chi connectivity index (χ1n) is 6.27. The van der Waals surface area contributed by atoms with Crippen LogP contribution in [0.15, 0.2) is 18.2 Å². The zero-order chi connectivity index (χ0) is 12.8. The number of alkyl halides is 1. The molecule has 1 aromatic rings. The van der Waals surface area contributed by atoms with Crippen molar-refractivity contribution < 1.29 is 14.2 Å². The Morgan fingerprint density at radius 1 is 1.33 bits per heavy atom. The van der Waals surface area contributed by atoms with Crippen molar-refractivity contribution in [2.24, 2.45) is 5.92 Å². The highest BCUT2D eigenvalue weighted by Crippen LogP contribution is 2.27. The fourth-order valence-corrected chi connectivity index (χ4v) is 2.49. The molecule has 0 aromatic heterocycles. The SMILES string of the molecule is COc1ccc(OCC2CCOCC2)c(CBr)c1. The van der Waals surface area contributed by atoms with Crippen molar-refractivity contribution in [3.8, 4) is 11.5 Å². The van der Waals surface area contributed by atoms with E-state index < -0.39 is 0 Å². The molecule has 2 rings (SSSR count). The number of rotatable bonds is 5. The second kappa shape index (κ2) is 7.00. The number of benzene rings is 1. The molecule has 0 aliphatic carbocycles. The Morgan fingerprint density at radius 3 is 2.78 bits per heavy atom. The van der Waals surface area contributed by atoms with E-state index in [1.165, 1.54) is 0 Å². The van der Waals surface area contributed by atoms with E-state index in [0.717, 1.165) is 55.1 Å². The summed E-state index contributed by atoms with van der Waals surface area (Å²) < 4.78 is 16.5. The molecule has 1 aliphatic rings. The molecule has 100 valence electrons. The Bertz CT molecular complexity index is 375. The van der Waals surface area contributed by atoms with E-state index in [1.807, 2.05) is 18.2 Å². The highest BCUT2D eigenvalue weighted by Gasteiger charge is 2.15. The van der Waals surface area contributed by atoms with Crippen molar-refractivity contribution in [3.63, 3.8) is 0 Å². The van der Waals surface area contributed by atoms with Crippen LogP contribution in [0.1, 0.15) is 18.4 Å². The average Bonchev–Trinajstić information content (AvgIpc) is 2.46. The van der Waals surface area contributed by atoms with Gasteiger partial charge in [-0.1, -0.05) is 15.9 Å². The minimum Gasteiger partial charge on any atom is -0.497 e. The van der Waals surface area contributed by atoms with Gasteiger partial charge in [-0.25, -0.2) is 0 Å². The third kappa shape index (κ3) is 3.62. The van der Waals surface area contributed by atoms with Crippen LogP contribution in [-0.4, -0.2) is 26.9 Å². The minimum absolute atomic E-state index is 0.615. The van der Waals surface area contributed by atoms with Crippen LogP contribution in [0.2, 0.25) is 0 Å². The van der Waals surface area contributed by atoms with E-state index in [-0.39, 0.29) is 0 Å². The summed E-state index contributed by atoms with van der Waals surface area (Å²) in [4.78, 5) is 0. The highest BCUT2D eigenvalue weighted by atomic mass is 79.9. The summed E-state index contributed by atoms with van der Waals surface area (Å²) in [6.45, 7) is 2.50. The Kier molecular flexibility index (Phi) is 5.32. The van der Waals surface area contributed by atoms with Crippen molar-refractivity contribution >= 4 is 15.9 Å². The first-order chi connectivity index (χ1) is 8.83.